The van der Waals surface area contributed by atoms with Gasteiger partial charge in [0.1, 0.15) is 5.75 Å². The van der Waals surface area contributed by atoms with Crippen molar-refractivity contribution in [1.82, 2.24) is 5.32 Å². The Labute approximate surface area is 120 Å². The van der Waals surface area contributed by atoms with Gasteiger partial charge in [0.25, 0.3) is 0 Å². The molecule has 0 bridgehead atoms. The van der Waals surface area contributed by atoms with E-state index in [4.69, 9.17) is 4.74 Å². The van der Waals surface area contributed by atoms with Crippen LogP contribution in [0.2, 0.25) is 0 Å². The highest BCUT2D eigenvalue weighted by Gasteiger charge is 2.31. The van der Waals surface area contributed by atoms with Crippen LogP contribution in [0.25, 0.3) is 0 Å². The van der Waals surface area contributed by atoms with E-state index in [1.165, 1.54) is 16.7 Å². The van der Waals surface area contributed by atoms with E-state index < -0.39 is 0 Å². The summed E-state index contributed by atoms with van der Waals surface area (Å²) in [6.45, 7) is 0. The van der Waals surface area contributed by atoms with Crippen LogP contribution in [0, 0.1) is 5.92 Å². The number of benzene rings is 2. The lowest BCUT2D eigenvalue weighted by molar-refractivity contribution is 0.384. The highest BCUT2D eigenvalue weighted by atomic mass is 16.5. The monoisotopic (exact) mass is 267 g/mol. The molecule has 2 aromatic carbocycles. The molecule has 2 heteroatoms. The molecule has 0 aliphatic heterocycles. The molecule has 2 atom stereocenters. The van der Waals surface area contributed by atoms with Crippen molar-refractivity contribution in [3.63, 3.8) is 0 Å². The molecule has 0 spiro atoms. The van der Waals surface area contributed by atoms with Crippen LogP contribution >= 0.6 is 0 Å². The van der Waals surface area contributed by atoms with Gasteiger partial charge in [-0.3, -0.25) is 0 Å². The van der Waals surface area contributed by atoms with Crippen molar-refractivity contribution in [1.29, 1.82) is 0 Å². The lowest BCUT2D eigenvalue weighted by Crippen LogP contribution is -2.23. The molecule has 3 rings (SSSR count). The second-order valence-corrected chi connectivity index (χ2v) is 5.45. The Bertz CT molecular complexity index is 593. The van der Waals surface area contributed by atoms with Gasteiger partial charge in [0, 0.05) is 6.04 Å². The zero-order valence-electron chi connectivity index (χ0n) is 12.1. The zero-order valence-corrected chi connectivity index (χ0v) is 12.1. The predicted octanol–water partition coefficient (Wildman–Crippen LogP) is 3.37. The quantitative estimate of drug-likeness (QED) is 0.917. The molecule has 1 aliphatic carbocycles. The summed E-state index contributed by atoms with van der Waals surface area (Å²) < 4.78 is 5.48. The van der Waals surface area contributed by atoms with Crippen molar-refractivity contribution in [3.8, 4) is 5.75 Å². The summed E-state index contributed by atoms with van der Waals surface area (Å²) >= 11 is 0. The molecular weight excluding hydrogens is 246 g/mol. The highest BCUT2D eigenvalue weighted by molar-refractivity contribution is 5.39. The van der Waals surface area contributed by atoms with E-state index >= 15 is 0 Å². The number of methoxy groups -OCH3 is 1. The first-order chi connectivity index (χ1) is 9.83. The van der Waals surface area contributed by atoms with Crippen molar-refractivity contribution >= 4 is 0 Å². The summed E-state index contributed by atoms with van der Waals surface area (Å²) in [6.07, 6.45) is 2.18. The lowest BCUT2D eigenvalue weighted by Gasteiger charge is -2.21. The lowest BCUT2D eigenvalue weighted by atomic mass is 9.92. The van der Waals surface area contributed by atoms with Crippen LogP contribution < -0.4 is 10.1 Å². The third kappa shape index (κ3) is 2.32. The van der Waals surface area contributed by atoms with Gasteiger partial charge in [-0.25, -0.2) is 0 Å². The molecule has 0 aromatic heterocycles. The van der Waals surface area contributed by atoms with E-state index in [1.807, 2.05) is 12.1 Å². The van der Waals surface area contributed by atoms with Gasteiger partial charge >= 0.3 is 0 Å². The molecule has 0 amide bonds. The molecule has 104 valence electrons. The number of hydrogen-bond acceptors (Lipinski definition) is 2. The Morgan fingerprint density at radius 1 is 1.10 bits per heavy atom. The van der Waals surface area contributed by atoms with Crippen LogP contribution in [-0.2, 0) is 12.8 Å². The summed E-state index contributed by atoms with van der Waals surface area (Å²) in [7, 11) is 3.81. The molecule has 2 unspecified atom stereocenters. The first-order valence-electron chi connectivity index (χ1n) is 7.20. The summed E-state index contributed by atoms with van der Waals surface area (Å²) in [5.41, 5.74) is 4.23. The molecule has 2 nitrogen and oxygen atoms in total. The smallest absolute Gasteiger partial charge is 0.122 e. The molecule has 0 saturated heterocycles. The van der Waals surface area contributed by atoms with Gasteiger partial charge in [-0.05, 0) is 48.6 Å². The Morgan fingerprint density at radius 3 is 2.65 bits per heavy atom. The molecule has 1 aliphatic rings. The van der Waals surface area contributed by atoms with Crippen LogP contribution in [0.4, 0.5) is 0 Å². The fourth-order valence-electron chi connectivity index (χ4n) is 3.41. The summed E-state index contributed by atoms with van der Waals surface area (Å²) in [5, 5.41) is 3.49. The topological polar surface area (TPSA) is 21.3 Å². The van der Waals surface area contributed by atoms with E-state index in [9.17, 15) is 0 Å². The molecule has 0 fully saturated rings. The maximum Gasteiger partial charge on any atom is 0.122 e. The second-order valence-electron chi connectivity index (χ2n) is 5.45. The number of hydrogen-bond donors (Lipinski definition) is 1. The fourth-order valence-corrected chi connectivity index (χ4v) is 3.41. The van der Waals surface area contributed by atoms with Crippen molar-refractivity contribution in [2.24, 2.45) is 5.92 Å². The Balaban J connectivity index is 1.86. The van der Waals surface area contributed by atoms with Crippen molar-refractivity contribution in [2.45, 2.75) is 18.9 Å². The van der Waals surface area contributed by atoms with Crippen molar-refractivity contribution in [2.75, 3.05) is 14.2 Å². The Hall–Kier alpha value is -1.80. The minimum absolute atomic E-state index is 0.441. The normalized spacial score (nSPS) is 20.7. The first-order valence-corrected chi connectivity index (χ1v) is 7.20. The van der Waals surface area contributed by atoms with Crippen LogP contribution in [0.1, 0.15) is 22.7 Å². The number of fused-ring (bicyclic) bond motifs is 1. The molecule has 0 heterocycles. The molecule has 1 N–H and O–H groups in total. The zero-order chi connectivity index (χ0) is 13.9. The standard InChI is InChI=1S/C18H21NO/c1-19-18-15(11-13-7-3-5-9-16(13)18)12-14-8-4-6-10-17(14)20-2/h3-10,15,18-19H,11-12H2,1-2H3. The van der Waals surface area contributed by atoms with Crippen LogP contribution in [-0.4, -0.2) is 14.2 Å². The molecule has 0 saturated carbocycles. The number of nitrogens with one attached hydrogen (secondary N) is 1. The van der Waals surface area contributed by atoms with Crippen molar-refractivity contribution < 1.29 is 4.74 Å². The van der Waals surface area contributed by atoms with Gasteiger partial charge in [0.2, 0.25) is 0 Å². The summed E-state index contributed by atoms with van der Waals surface area (Å²) in [6, 6.07) is 17.6. The number of para-hydroxylation sites is 1. The van der Waals surface area contributed by atoms with E-state index in [-0.39, 0.29) is 0 Å². The Morgan fingerprint density at radius 2 is 1.85 bits per heavy atom. The summed E-state index contributed by atoms with van der Waals surface area (Å²) in [4.78, 5) is 0. The minimum atomic E-state index is 0.441. The minimum Gasteiger partial charge on any atom is -0.496 e. The van der Waals surface area contributed by atoms with E-state index in [0.717, 1.165) is 18.6 Å². The molecule has 2 aromatic rings. The second kappa shape index (κ2) is 5.68. The maximum absolute atomic E-state index is 5.48. The average molecular weight is 267 g/mol. The average Bonchev–Trinajstić information content (AvgIpc) is 2.85. The van der Waals surface area contributed by atoms with Crippen molar-refractivity contribution in [3.05, 3.63) is 65.2 Å². The predicted molar refractivity (Wildman–Crippen MR) is 82.1 cm³/mol. The third-order valence-corrected chi connectivity index (χ3v) is 4.33. The van der Waals surface area contributed by atoms with E-state index in [0.29, 0.717) is 12.0 Å². The van der Waals surface area contributed by atoms with Gasteiger partial charge in [-0.15, -0.1) is 0 Å². The van der Waals surface area contributed by atoms with Gasteiger partial charge in [0.15, 0.2) is 0 Å². The largest absolute Gasteiger partial charge is 0.496 e. The van der Waals surface area contributed by atoms with Gasteiger partial charge in [0.05, 0.1) is 7.11 Å². The van der Waals surface area contributed by atoms with Crippen LogP contribution in [0.15, 0.2) is 48.5 Å². The van der Waals surface area contributed by atoms with E-state index in [2.05, 4.69) is 48.8 Å². The molecule has 20 heavy (non-hydrogen) atoms. The third-order valence-electron chi connectivity index (χ3n) is 4.33. The maximum atomic E-state index is 5.48. The molecule has 0 radical (unpaired) electrons. The first kappa shape index (κ1) is 13.2. The van der Waals surface area contributed by atoms with Gasteiger partial charge < -0.3 is 10.1 Å². The SMILES string of the molecule is CNC1c2ccccc2CC1Cc1ccccc1OC. The highest BCUT2D eigenvalue weighted by Crippen LogP contribution is 2.38. The van der Waals surface area contributed by atoms with Crippen LogP contribution in [0.5, 0.6) is 5.75 Å². The fraction of sp³-hybridized carbons (Fsp3) is 0.333. The Kier molecular flexibility index (Phi) is 3.75. The number of ether oxygens (including phenoxy) is 1. The van der Waals surface area contributed by atoms with E-state index in [1.54, 1.807) is 7.11 Å². The molecular formula is C18H21NO. The number of rotatable bonds is 4. The van der Waals surface area contributed by atoms with Gasteiger partial charge in [-0.1, -0.05) is 42.5 Å². The van der Waals surface area contributed by atoms with Crippen LogP contribution in [0.3, 0.4) is 0 Å². The summed E-state index contributed by atoms with van der Waals surface area (Å²) in [5.74, 6) is 1.59. The van der Waals surface area contributed by atoms with Gasteiger partial charge in [-0.2, -0.15) is 0 Å².